The number of fused-ring (bicyclic) bond motifs is 1. The Morgan fingerprint density at radius 3 is 2.86 bits per heavy atom. The van der Waals surface area contributed by atoms with Gasteiger partial charge in [-0.1, -0.05) is 0 Å². The lowest BCUT2D eigenvalue weighted by Gasteiger charge is -2.17. The Kier molecular flexibility index (Phi) is 3.17. The molecular formula is C14H13N3O4. The van der Waals surface area contributed by atoms with Gasteiger partial charge in [-0.05, 0) is 24.6 Å². The number of nitrogens with zero attached hydrogens (tertiary/aromatic N) is 3. The van der Waals surface area contributed by atoms with Gasteiger partial charge < -0.3 is 10.0 Å². The molecule has 1 aromatic heterocycles. The van der Waals surface area contributed by atoms with E-state index >= 15 is 0 Å². The monoisotopic (exact) mass is 287 g/mol. The van der Waals surface area contributed by atoms with Crippen molar-refractivity contribution in [2.75, 3.05) is 18.0 Å². The fourth-order valence-corrected chi connectivity index (χ4v) is 2.56. The maximum Gasteiger partial charge on any atom is 0.308 e. The lowest BCUT2D eigenvalue weighted by atomic mass is 10.1. The summed E-state index contributed by atoms with van der Waals surface area (Å²) in [5.74, 6) is -0.437. The Labute approximate surface area is 120 Å². The zero-order valence-corrected chi connectivity index (χ0v) is 11.1. The highest BCUT2D eigenvalue weighted by Crippen LogP contribution is 2.26. The van der Waals surface area contributed by atoms with Crippen molar-refractivity contribution in [1.82, 2.24) is 4.98 Å². The summed E-state index contributed by atoms with van der Waals surface area (Å²) in [6, 6.07) is 8.07. The van der Waals surface area contributed by atoms with Crippen molar-refractivity contribution in [3.8, 4) is 0 Å². The number of rotatable bonds is 3. The second kappa shape index (κ2) is 5.01. The number of hydrogen-bond acceptors (Lipinski definition) is 5. The first-order valence-corrected chi connectivity index (χ1v) is 6.57. The number of nitro groups is 1. The van der Waals surface area contributed by atoms with Crippen LogP contribution in [0.3, 0.4) is 0 Å². The molecule has 7 heteroatoms. The highest BCUT2D eigenvalue weighted by molar-refractivity contribution is 5.82. The lowest BCUT2D eigenvalue weighted by Crippen LogP contribution is -2.23. The van der Waals surface area contributed by atoms with E-state index in [0.29, 0.717) is 36.2 Å². The van der Waals surface area contributed by atoms with Crippen LogP contribution in [0.5, 0.6) is 0 Å². The van der Waals surface area contributed by atoms with Crippen LogP contribution in [0, 0.1) is 16.0 Å². The number of carboxylic acid groups (broad SMARTS) is 1. The van der Waals surface area contributed by atoms with Crippen molar-refractivity contribution in [3.05, 3.63) is 40.4 Å². The molecule has 108 valence electrons. The summed E-state index contributed by atoms with van der Waals surface area (Å²) in [7, 11) is 0. The molecule has 1 aliphatic rings. The molecule has 2 aromatic rings. The van der Waals surface area contributed by atoms with Crippen molar-refractivity contribution >= 4 is 28.4 Å². The first-order valence-electron chi connectivity index (χ1n) is 6.57. The summed E-state index contributed by atoms with van der Waals surface area (Å²) in [6.45, 7) is 1.10. The van der Waals surface area contributed by atoms with Crippen LogP contribution in [-0.4, -0.2) is 34.1 Å². The van der Waals surface area contributed by atoms with E-state index in [1.165, 1.54) is 12.1 Å². The normalized spacial score (nSPS) is 18.1. The van der Waals surface area contributed by atoms with Gasteiger partial charge in [-0.3, -0.25) is 14.9 Å². The molecule has 1 saturated heterocycles. The predicted molar refractivity (Wildman–Crippen MR) is 76.4 cm³/mol. The molecule has 0 amide bonds. The highest BCUT2D eigenvalue weighted by atomic mass is 16.6. The van der Waals surface area contributed by atoms with Crippen molar-refractivity contribution in [1.29, 1.82) is 0 Å². The molecule has 0 spiro atoms. The first-order chi connectivity index (χ1) is 10.0. The third-order valence-corrected chi connectivity index (χ3v) is 3.73. The fraction of sp³-hybridized carbons (Fsp3) is 0.286. The minimum Gasteiger partial charge on any atom is -0.481 e. The summed E-state index contributed by atoms with van der Waals surface area (Å²) in [6.07, 6.45) is 0.606. The summed E-state index contributed by atoms with van der Waals surface area (Å²) in [5, 5.41) is 20.5. The number of carboxylic acids is 1. The summed E-state index contributed by atoms with van der Waals surface area (Å²) >= 11 is 0. The SMILES string of the molecule is O=C(O)C1CCN(c2ccc3cc([N+](=O)[O-])ccc3n2)C1. The van der Waals surface area contributed by atoms with Gasteiger partial charge in [-0.2, -0.15) is 0 Å². The van der Waals surface area contributed by atoms with E-state index in [1.54, 1.807) is 18.2 Å². The number of aliphatic carboxylic acids is 1. The average molecular weight is 287 g/mol. The fourth-order valence-electron chi connectivity index (χ4n) is 2.56. The number of non-ortho nitro benzene ring substituents is 1. The zero-order chi connectivity index (χ0) is 15.0. The largest absolute Gasteiger partial charge is 0.481 e. The summed E-state index contributed by atoms with van der Waals surface area (Å²) in [4.78, 5) is 27.7. The lowest BCUT2D eigenvalue weighted by molar-refractivity contribution is -0.384. The first kappa shape index (κ1) is 13.3. The molecule has 0 saturated carbocycles. The molecule has 3 rings (SSSR count). The topological polar surface area (TPSA) is 96.6 Å². The minimum atomic E-state index is -0.783. The zero-order valence-electron chi connectivity index (χ0n) is 11.1. The quantitative estimate of drug-likeness (QED) is 0.685. The number of pyridine rings is 1. The van der Waals surface area contributed by atoms with Crippen LogP contribution in [0.15, 0.2) is 30.3 Å². The Hall–Kier alpha value is -2.70. The molecule has 0 bridgehead atoms. The molecule has 1 fully saturated rings. The Morgan fingerprint density at radius 2 is 2.19 bits per heavy atom. The summed E-state index contributed by atoms with van der Waals surface area (Å²) < 4.78 is 0. The van der Waals surface area contributed by atoms with Gasteiger partial charge in [0.05, 0.1) is 16.4 Å². The Bertz CT molecular complexity index is 731. The van der Waals surface area contributed by atoms with Crippen LogP contribution >= 0.6 is 0 Å². The molecule has 0 aliphatic carbocycles. The number of anilines is 1. The minimum absolute atomic E-state index is 0.0316. The van der Waals surface area contributed by atoms with Crippen LogP contribution in [-0.2, 0) is 4.79 Å². The van der Waals surface area contributed by atoms with Gasteiger partial charge in [0.15, 0.2) is 0 Å². The second-order valence-electron chi connectivity index (χ2n) is 5.07. The Balaban J connectivity index is 1.90. The van der Waals surface area contributed by atoms with Crippen LogP contribution in [0.25, 0.3) is 10.9 Å². The van der Waals surface area contributed by atoms with Gasteiger partial charge in [-0.25, -0.2) is 4.98 Å². The molecule has 1 unspecified atom stereocenters. The van der Waals surface area contributed by atoms with Gasteiger partial charge in [0.1, 0.15) is 5.82 Å². The van der Waals surface area contributed by atoms with Gasteiger partial charge in [0.25, 0.3) is 5.69 Å². The molecule has 7 nitrogen and oxygen atoms in total. The third kappa shape index (κ3) is 2.49. The van der Waals surface area contributed by atoms with E-state index in [-0.39, 0.29) is 11.6 Å². The molecule has 0 radical (unpaired) electrons. The van der Waals surface area contributed by atoms with E-state index in [4.69, 9.17) is 5.11 Å². The third-order valence-electron chi connectivity index (χ3n) is 3.73. The predicted octanol–water partition coefficient (Wildman–Crippen LogP) is 2.05. The number of carbonyl (C=O) groups is 1. The van der Waals surface area contributed by atoms with E-state index in [9.17, 15) is 14.9 Å². The van der Waals surface area contributed by atoms with Gasteiger partial charge in [-0.15, -0.1) is 0 Å². The van der Waals surface area contributed by atoms with E-state index in [0.717, 1.165) is 0 Å². The smallest absolute Gasteiger partial charge is 0.308 e. The molecular weight excluding hydrogens is 274 g/mol. The number of hydrogen-bond donors (Lipinski definition) is 1. The molecule has 1 aromatic carbocycles. The molecule has 1 aliphatic heterocycles. The number of benzene rings is 1. The van der Waals surface area contributed by atoms with Crippen molar-refractivity contribution in [3.63, 3.8) is 0 Å². The van der Waals surface area contributed by atoms with Crippen LogP contribution in [0.1, 0.15) is 6.42 Å². The maximum atomic E-state index is 11.0. The van der Waals surface area contributed by atoms with Crippen molar-refractivity contribution in [2.24, 2.45) is 5.92 Å². The molecule has 21 heavy (non-hydrogen) atoms. The molecule has 1 atom stereocenters. The van der Waals surface area contributed by atoms with Gasteiger partial charge in [0, 0.05) is 30.6 Å². The number of aromatic nitrogens is 1. The second-order valence-corrected chi connectivity index (χ2v) is 5.07. The molecule has 2 heterocycles. The van der Waals surface area contributed by atoms with E-state index in [2.05, 4.69) is 4.98 Å². The van der Waals surface area contributed by atoms with Crippen molar-refractivity contribution in [2.45, 2.75) is 6.42 Å². The summed E-state index contributed by atoms with van der Waals surface area (Å²) in [5.41, 5.74) is 0.695. The van der Waals surface area contributed by atoms with Crippen LogP contribution in [0.2, 0.25) is 0 Å². The highest BCUT2D eigenvalue weighted by Gasteiger charge is 2.28. The van der Waals surface area contributed by atoms with Gasteiger partial charge in [0.2, 0.25) is 0 Å². The van der Waals surface area contributed by atoms with Crippen LogP contribution in [0.4, 0.5) is 11.5 Å². The average Bonchev–Trinajstić information content (AvgIpc) is 2.96. The Morgan fingerprint density at radius 1 is 1.38 bits per heavy atom. The standard InChI is InChI=1S/C14H13N3O4/c18-14(19)10-5-6-16(8-10)13-4-1-9-7-11(17(20)21)2-3-12(9)15-13/h1-4,7,10H,5-6,8H2,(H,18,19). The molecule has 1 N–H and O–H groups in total. The maximum absolute atomic E-state index is 11.0. The number of nitro benzene ring substituents is 1. The van der Waals surface area contributed by atoms with Crippen molar-refractivity contribution < 1.29 is 14.8 Å². The van der Waals surface area contributed by atoms with Gasteiger partial charge >= 0.3 is 5.97 Å². The van der Waals surface area contributed by atoms with E-state index < -0.39 is 10.9 Å². The van der Waals surface area contributed by atoms with E-state index in [1.807, 2.05) is 4.90 Å². The van der Waals surface area contributed by atoms with Crippen LogP contribution < -0.4 is 4.90 Å².